The molecule has 0 saturated carbocycles. The molecule has 1 N–H and O–H groups in total. The molecule has 2 rings (SSSR count). The van der Waals surface area contributed by atoms with E-state index in [-0.39, 0.29) is 12.3 Å². The van der Waals surface area contributed by atoms with Gasteiger partial charge in [0.05, 0.1) is 24.2 Å². The van der Waals surface area contributed by atoms with Gasteiger partial charge in [0.2, 0.25) is 5.91 Å². The minimum absolute atomic E-state index is 0.117. The summed E-state index contributed by atoms with van der Waals surface area (Å²) in [6, 6.07) is 11.3. The lowest BCUT2D eigenvalue weighted by molar-refractivity contribution is -0.115. The standard InChI is InChI=1S/C17H18ClNO2/c1-11-8-12(2)17(14(18)9-11)19-16(20)10-13-6-4-5-7-15(13)21-3/h4-9H,10H2,1-3H3,(H,19,20). The Morgan fingerprint density at radius 1 is 1.24 bits per heavy atom. The second-order valence-corrected chi connectivity index (χ2v) is 5.38. The van der Waals surface area contributed by atoms with Crippen LogP contribution in [0.25, 0.3) is 0 Å². The molecule has 0 aliphatic heterocycles. The quantitative estimate of drug-likeness (QED) is 0.921. The Morgan fingerprint density at radius 3 is 2.62 bits per heavy atom. The normalized spacial score (nSPS) is 10.3. The van der Waals surface area contributed by atoms with Gasteiger partial charge in [0.1, 0.15) is 5.75 Å². The Hall–Kier alpha value is -2.00. The van der Waals surface area contributed by atoms with Gasteiger partial charge >= 0.3 is 0 Å². The average Bonchev–Trinajstić information content (AvgIpc) is 2.43. The van der Waals surface area contributed by atoms with Crippen molar-refractivity contribution in [3.05, 3.63) is 58.1 Å². The van der Waals surface area contributed by atoms with Crippen molar-refractivity contribution >= 4 is 23.2 Å². The molecule has 0 fully saturated rings. The number of carbonyl (C=O) groups excluding carboxylic acids is 1. The fourth-order valence-corrected chi connectivity index (χ4v) is 2.65. The van der Waals surface area contributed by atoms with Gasteiger partial charge in [-0.3, -0.25) is 4.79 Å². The van der Waals surface area contributed by atoms with Crippen LogP contribution >= 0.6 is 11.6 Å². The van der Waals surface area contributed by atoms with Gasteiger partial charge in [-0.2, -0.15) is 0 Å². The number of anilines is 1. The second kappa shape index (κ2) is 6.64. The van der Waals surface area contributed by atoms with Crippen LogP contribution in [0.3, 0.4) is 0 Å². The summed E-state index contributed by atoms with van der Waals surface area (Å²) in [6.45, 7) is 3.90. The summed E-state index contributed by atoms with van der Waals surface area (Å²) in [4.78, 5) is 12.2. The number of ether oxygens (including phenoxy) is 1. The molecular weight excluding hydrogens is 286 g/mol. The number of aryl methyl sites for hydroxylation is 2. The first-order valence-corrected chi connectivity index (χ1v) is 7.07. The molecule has 0 aliphatic rings. The van der Waals surface area contributed by atoms with Gasteiger partial charge in [-0.1, -0.05) is 35.9 Å². The molecule has 0 aromatic heterocycles. The Bertz CT molecular complexity index is 645. The van der Waals surface area contributed by atoms with Gasteiger partial charge in [0.25, 0.3) is 0 Å². The van der Waals surface area contributed by atoms with Crippen molar-refractivity contribution in [2.75, 3.05) is 12.4 Å². The minimum Gasteiger partial charge on any atom is -0.496 e. The van der Waals surface area contributed by atoms with E-state index >= 15 is 0 Å². The van der Waals surface area contributed by atoms with E-state index < -0.39 is 0 Å². The van der Waals surface area contributed by atoms with E-state index in [0.29, 0.717) is 16.5 Å². The maximum atomic E-state index is 12.2. The molecule has 0 heterocycles. The molecule has 2 aromatic carbocycles. The number of rotatable bonds is 4. The largest absolute Gasteiger partial charge is 0.496 e. The number of methoxy groups -OCH3 is 1. The fourth-order valence-electron chi connectivity index (χ4n) is 2.28. The number of benzene rings is 2. The molecule has 0 aliphatic carbocycles. The number of halogens is 1. The average molecular weight is 304 g/mol. The van der Waals surface area contributed by atoms with Crippen molar-refractivity contribution in [2.24, 2.45) is 0 Å². The summed E-state index contributed by atoms with van der Waals surface area (Å²) >= 11 is 6.20. The van der Waals surface area contributed by atoms with Crippen molar-refractivity contribution in [1.29, 1.82) is 0 Å². The molecule has 0 spiro atoms. The Kier molecular flexibility index (Phi) is 4.86. The van der Waals surface area contributed by atoms with E-state index in [9.17, 15) is 4.79 Å². The molecular formula is C17H18ClNO2. The smallest absolute Gasteiger partial charge is 0.228 e. The number of hydrogen-bond acceptors (Lipinski definition) is 2. The van der Waals surface area contributed by atoms with E-state index in [0.717, 1.165) is 16.7 Å². The van der Waals surface area contributed by atoms with E-state index in [1.807, 2.05) is 50.2 Å². The SMILES string of the molecule is COc1ccccc1CC(=O)Nc1c(C)cc(C)cc1Cl. The van der Waals surface area contributed by atoms with Crippen LogP contribution in [-0.4, -0.2) is 13.0 Å². The zero-order chi connectivity index (χ0) is 15.4. The lowest BCUT2D eigenvalue weighted by atomic mass is 10.1. The topological polar surface area (TPSA) is 38.3 Å². The zero-order valence-electron chi connectivity index (χ0n) is 12.4. The van der Waals surface area contributed by atoms with Gasteiger partial charge in [0.15, 0.2) is 0 Å². The van der Waals surface area contributed by atoms with Gasteiger partial charge in [-0.25, -0.2) is 0 Å². The predicted molar refractivity (Wildman–Crippen MR) is 86.3 cm³/mol. The predicted octanol–water partition coefficient (Wildman–Crippen LogP) is 4.15. The number of hydrogen-bond donors (Lipinski definition) is 1. The van der Waals surface area contributed by atoms with Crippen LogP contribution in [0.1, 0.15) is 16.7 Å². The van der Waals surface area contributed by atoms with Gasteiger partial charge in [0, 0.05) is 5.56 Å². The van der Waals surface area contributed by atoms with Crippen LogP contribution in [0.4, 0.5) is 5.69 Å². The van der Waals surface area contributed by atoms with E-state index in [4.69, 9.17) is 16.3 Å². The molecule has 0 radical (unpaired) electrons. The number of amides is 1. The van der Waals surface area contributed by atoms with Crippen LogP contribution in [-0.2, 0) is 11.2 Å². The highest BCUT2D eigenvalue weighted by Gasteiger charge is 2.12. The number of para-hydroxylation sites is 1. The van der Waals surface area contributed by atoms with Gasteiger partial charge < -0.3 is 10.1 Å². The van der Waals surface area contributed by atoms with E-state index in [1.165, 1.54) is 0 Å². The highest BCUT2D eigenvalue weighted by Crippen LogP contribution is 2.27. The van der Waals surface area contributed by atoms with Crippen molar-refractivity contribution in [3.63, 3.8) is 0 Å². The highest BCUT2D eigenvalue weighted by atomic mass is 35.5. The van der Waals surface area contributed by atoms with Gasteiger partial charge in [-0.15, -0.1) is 0 Å². The summed E-state index contributed by atoms with van der Waals surface area (Å²) in [7, 11) is 1.59. The molecule has 21 heavy (non-hydrogen) atoms. The van der Waals surface area contributed by atoms with Crippen LogP contribution in [0.15, 0.2) is 36.4 Å². The molecule has 0 unspecified atom stereocenters. The summed E-state index contributed by atoms with van der Waals surface area (Å²) in [5.74, 6) is 0.590. The maximum Gasteiger partial charge on any atom is 0.228 e. The number of carbonyl (C=O) groups is 1. The molecule has 110 valence electrons. The van der Waals surface area contributed by atoms with Crippen LogP contribution < -0.4 is 10.1 Å². The Balaban J connectivity index is 2.16. The third kappa shape index (κ3) is 3.76. The van der Waals surface area contributed by atoms with Crippen LogP contribution in [0.5, 0.6) is 5.75 Å². The molecule has 0 atom stereocenters. The second-order valence-electron chi connectivity index (χ2n) is 4.98. The summed E-state index contributed by atoms with van der Waals surface area (Å²) in [5, 5.41) is 3.44. The maximum absolute atomic E-state index is 12.2. The first-order valence-electron chi connectivity index (χ1n) is 6.69. The molecule has 1 amide bonds. The monoisotopic (exact) mass is 303 g/mol. The van der Waals surface area contributed by atoms with Crippen molar-refractivity contribution in [2.45, 2.75) is 20.3 Å². The van der Waals surface area contributed by atoms with E-state index in [1.54, 1.807) is 7.11 Å². The van der Waals surface area contributed by atoms with Crippen LogP contribution in [0, 0.1) is 13.8 Å². The molecule has 3 nitrogen and oxygen atoms in total. The van der Waals surface area contributed by atoms with Gasteiger partial charge in [-0.05, 0) is 37.1 Å². The Labute approximate surface area is 129 Å². The van der Waals surface area contributed by atoms with Crippen molar-refractivity contribution in [1.82, 2.24) is 0 Å². The lowest BCUT2D eigenvalue weighted by Crippen LogP contribution is -2.16. The minimum atomic E-state index is -0.117. The molecule has 0 bridgehead atoms. The summed E-state index contributed by atoms with van der Waals surface area (Å²) < 4.78 is 5.25. The zero-order valence-corrected chi connectivity index (χ0v) is 13.1. The van der Waals surface area contributed by atoms with E-state index in [2.05, 4.69) is 5.32 Å². The first-order chi connectivity index (χ1) is 10.0. The molecule has 4 heteroatoms. The Morgan fingerprint density at radius 2 is 1.95 bits per heavy atom. The molecule has 2 aromatic rings. The van der Waals surface area contributed by atoms with Crippen molar-refractivity contribution in [3.8, 4) is 5.75 Å². The number of nitrogens with one attached hydrogen (secondary N) is 1. The van der Waals surface area contributed by atoms with Crippen molar-refractivity contribution < 1.29 is 9.53 Å². The fraction of sp³-hybridized carbons (Fsp3) is 0.235. The van der Waals surface area contributed by atoms with Crippen LogP contribution in [0.2, 0.25) is 5.02 Å². The molecule has 0 saturated heterocycles. The highest BCUT2D eigenvalue weighted by molar-refractivity contribution is 6.34. The lowest BCUT2D eigenvalue weighted by Gasteiger charge is -2.12. The summed E-state index contributed by atoms with van der Waals surface area (Å²) in [5.41, 5.74) is 3.54. The third-order valence-electron chi connectivity index (χ3n) is 3.24. The summed E-state index contributed by atoms with van der Waals surface area (Å²) in [6.07, 6.45) is 0.244. The third-order valence-corrected chi connectivity index (χ3v) is 3.54. The first kappa shape index (κ1) is 15.4.